The molecule has 4 heterocycles. The number of hydrogen-bond donors (Lipinski definition) is 2. The van der Waals surface area contributed by atoms with Gasteiger partial charge in [0.2, 0.25) is 0 Å². The molecule has 2 saturated heterocycles. The predicted octanol–water partition coefficient (Wildman–Crippen LogP) is 4.83. The number of H-pyrrole nitrogens is 1. The number of halogens is 1. The highest BCUT2D eigenvalue weighted by Gasteiger charge is 2.28. The molecule has 0 saturated carbocycles. The molecular weight excluding hydrogens is 400 g/mol. The maximum absolute atomic E-state index is 6.47. The third-order valence-corrected chi connectivity index (χ3v) is 6.32. The Bertz CT molecular complexity index is 1000. The van der Waals surface area contributed by atoms with Gasteiger partial charge in [-0.3, -0.25) is 5.10 Å². The molecule has 30 heavy (non-hydrogen) atoms. The van der Waals surface area contributed by atoms with Crippen LogP contribution in [0.25, 0.3) is 0 Å². The highest BCUT2D eigenvalue weighted by molar-refractivity contribution is 6.31. The van der Waals surface area contributed by atoms with Crippen molar-refractivity contribution in [3.05, 3.63) is 59.0 Å². The van der Waals surface area contributed by atoms with Crippen LogP contribution in [0.15, 0.2) is 42.7 Å². The fourth-order valence-corrected chi connectivity index (χ4v) is 4.69. The van der Waals surface area contributed by atoms with Gasteiger partial charge in [0.05, 0.1) is 6.04 Å². The van der Waals surface area contributed by atoms with E-state index in [2.05, 4.69) is 42.5 Å². The van der Waals surface area contributed by atoms with Gasteiger partial charge in [0, 0.05) is 48.5 Å². The SMILES string of the molecule is Clc1ccccc1C1CCCN1c1cc(Nc2cc(C3CCOCC3)[nH]n2)ncn1. The molecule has 2 fully saturated rings. The van der Waals surface area contributed by atoms with Crippen LogP contribution in [0.5, 0.6) is 0 Å². The molecule has 2 aliphatic heterocycles. The molecule has 156 valence electrons. The molecule has 1 unspecified atom stereocenters. The molecule has 0 bridgehead atoms. The average Bonchev–Trinajstić information content (AvgIpc) is 3.45. The van der Waals surface area contributed by atoms with Crippen LogP contribution in [-0.4, -0.2) is 39.9 Å². The summed E-state index contributed by atoms with van der Waals surface area (Å²) in [5.41, 5.74) is 2.30. The average molecular weight is 425 g/mol. The van der Waals surface area contributed by atoms with Crippen molar-refractivity contribution in [2.45, 2.75) is 37.6 Å². The van der Waals surface area contributed by atoms with Gasteiger partial charge in [0.25, 0.3) is 0 Å². The summed E-state index contributed by atoms with van der Waals surface area (Å²) < 4.78 is 5.45. The van der Waals surface area contributed by atoms with Gasteiger partial charge in [-0.15, -0.1) is 0 Å². The molecule has 1 aromatic carbocycles. The molecular formula is C22H25ClN6O. The van der Waals surface area contributed by atoms with Gasteiger partial charge in [-0.1, -0.05) is 29.8 Å². The zero-order valence-electron chi connectivity index (χ0n) is 16.7. The van der Waals surface area contributed by atoms with Crippen LogP contribution < -0.4 is 10.2 Å². The number of aromatic nitrogens is 4. The van der Waals surface area contributed by atoms with Crippen molar-refractivity contribution >= 4 is 29.1 Å². The number of hydrogen-bond acceptors (Lipinski definition) is 6. The maximum Gasteiger partial charge on any atom is 0.153 e. The third-order valence-electron chi connectivity index (χ3n) is 5.98. The molecule has 0 amide bonds. The van der Waals surface area contributed by atoms with Crippen LogP contribution >= 0.6 is 11.6 Å². The molecule has 0 spiro atoms. The summed E-state index contributed by atoms with van der Waals surface area (Å²) in [5.74, 6) is 2.87. The second kappa shape index (κ2) is 8.62. The van der Waals surface area contributed by atoms with Crippen molar-refractivity contribution in [1.82, 2.24) is 20.2 Å². The monoisotopic (exact) mass is 424 g/mol. The number of benzene rings is 1. The lowest BCUT2D eigenvalue weighted by atomic mass is 9.97. The fraction of sp³-hybridized carbons (Fsp3) is 0.409. The van der Waals surface area contributed by atoms with Gasteiger partial charge in [-0.05, 0) is 37.3 Å². The first-order valence-corrected chi connectivity index (χ1v) is 10.9. The second-order valence-corrected chi connectivity index (χ2v) is 8.26. The molecule has 3 aromatic rings. The van der Waals surface area contributed by atoms with Crippen LogP contribution in [-0.2, 0) is 4.74 Å². The molecule has 7 nitrogen and oxygen atoms in total. The summed E-state index contributed by atoms with van der Waals surface area (Å²) in [7, 11) is 0. The van der Waals surface area contributed by atoms with Crippen molar-refractivity contribution in [2.24, 2.45) is 0 Å². The van der Waals surface area contributed by atoms with Crippen LogP contribution in [0.4, 0.5) is 17.5 Å². The first-order valence-electron chi connectivity index (χ1n) is 10.5. The lowest BCUT2D eigenvalue weighted by Crippen LogP contribution is -2.24. The minimum atomic E-state index is 0.229. The van der Waals surface area contributed by atoms with Crippen molar-refractivity contribution in [2.75, 3.05) is 30.0 Å². The third kappa shape index (κ3) is 4.00. The van der Waals surface area contributed by atoms with Crippen LogP contribution in [0.1, 0.15) is 48.9 Å². The van der Waals surface area contributed by atoms with E-state index < -0.39 is 0 Å². The van der Waals surface area contributed by atoms with Gasteiger partial charge >= 0.3 is 0 Å². The normalized spacial score (nSPS) is 19.9. The summed E-state index contributed by atoms with van der Waals surface area (Å²) in [6.45, 7) is 2.57. The standard InChI is InChI=1S/C22H25ClN6O/c23-17-5-2-1-4-16(17)19-6-3-9-29(19)22-13-20(24-14-25-22)26-21-12-18(27-28-21)15-7-10-30-11-8-15/h1-2,4-5,12-15,19H,3,6-11H2,(H2,24,25,26,27,28). The number of aromatic amines is 1. The molecule has 8 heteroatoms. The van der Waals surface area contributed by atoms with E-state index in [1.165, 1.54) is 0 Å². The molecule has 2 N–H and O–H groups in total. The first-order chi connectivity index (χ1) is 14.8. The van der Waals surface area contributed by atoms with E-state index in [9.17, 15) is 0 Å². The van der Waals surface area contributed by atoms with E-state index in [1.807, 2.05) is 24.3 Å². The summed E-state index contributed by atoms with van der Waals surface area (Å²) in [6, 6.07) is 12.3. The van der Waals surface area contributed by atoms with E-state index in [4.69, 9.17) is 16.3 Å². The summed E-state index contributed by atoms with van der Waals surface area (Å²) >= 11 is 6.47. The number of ether oxygens (including phenoxy) is 1. The Hall–Kier alpha value is -2.64. The number of nitrogens with zero attached hydrogens (tertiary/aromatic N) is 4. The van der Waals surface area contributed by atoms with E-state index in [0.29, 0.717) is 5.92 Å². The number of nitrogens with one attached hydrogen (secondary N) is 2. The maximum atomic E-state index is 6.47. The number of anilines is 3. The summed E-state index contributed by atoms with van der Waals surface area (Å²) in [4.78, 5) is 11.2. The lowest BCUT2D eigenvalue weighted by Gasteiger charge is -2.26. The minimum Gasteiger partial charge on any atom is -0.381 e. The van der Waals surface area contributed by atoms with Crippen LogP contribution in [0, 0.1) is 0 Å². The molecule has 2 aliphatic rings. The highest BCUT2D eigenvalue weighted by Crippen LogP contribution is 2.38. The van der Waals surface area contributed by atoms with Crippen LogP contribution in [0.3, 0.4) is 0 Å². The fourth-order valence-electron chi connectivity index (χ4n) is 4.43. The van der Waals surface area contributed by atoms with Gasteiger partial charge in [-0.25, -0.2) is 9.97 Å². The Morgan fingerprint density at radius 1 is 1.07 bits per heavy atom. The van der Waals surface area contributed by atoms with E-state index >= 15 is 0 Å². The number of rotatable bonds is 5. The lowest BCUT2D eigenvalue weighted by molar-refractivity contribution is 0.0845. The molecule has 0 aliphatic carbocycles. The Labute approximate surface area is 180 Å². The predicted molar refractivity (Wildman–Crippen MR) is 117 cm³/mol. The zero-order valence-corrected chi connectivity index (χ0v) is 17.5. The highest BCUT2D eigenvalue weighted by atomic mass is 35.5. The van der Waals surface area contributed by atoms with E-state index in [-0.39, 0.29) is 6.04 Å². The van der Waals surface area contributed by atoms with Crippen LogP contribution in [0.2, 0.25) is 5.02 Å². The second-order valence-electron chi connectivity index (χ2n) is 7.85. The van der Waals surface area contributed by atoms with Crippen molar-refractivity contribution in [3.63, 3.8) is 0 Å². The molecule has 5 rings (SSSR count). The molecule has 2 aromatic heterocycles. The van der Waals surface area contributed by atoms with E-state index in [0.717, 1.165) is 79.2 Å². The van der Waals surface area contributed by atoms with Gasteiger partial charge in [-0.2, -0.15) is 5.10 Å². The molecule has 0 radical (unpaired) electrons. The van der Waals surface area contributed by atoms with Gasteiger partial charge < -0.3 is 15.0 Å². The van der Waals surface area contributed by atoms with E-state index in [1.54, 1.807) is 6.33 Å². The summed E-state index contributed by atoms with van der Waals surface area (Å²) in [6.07, 6.45) is 5.82. The van der Waals surface area contributed by atoms with Gasteiger partial charge in [0.1, 0.15) is 18.0 Å². The Kier molecular flexibility index (Phi) is 5.55. The Morgan fingerprint density at radius 3 is 2.80 bits per heavy atom. The zero-order chi connectivity index (χ0) is 20.3. The summed E-state index contributed by atoms with van der Waals surface area (Å²) in [5, 5.41) is 11.7. The molecule has 1 atom stereocenters. The Balaban J connectivity index is 1.33. The van der Waals surface area contributed by atoms with Crippen molar-refractivity contribution in [1.29, 1.82) is 0 Å². The largest absolute Gasteiger partial charge is 0.381 e. The van der Waals surface area contributed by atoms with Gasteiger partial charge in [0.15, 0.2) is 5.82 Å². The topological polar surface area (TPSA) is 79.0 Å². The van der Waals surface area contributed by atoms with Crippen molar-refractivity contribution < 1.29 is 4.74 Å². The smallest absolute Gasteiger partial charge is 0.153 e. The first kappa shape index (κ1) is 19.3. The quantitative estimate of drug-likeness (QED) is 0.610. The van der Waals surface area contributed by atoms with Crippen molar-refractivity contribution in [3.8, 4) is 0 Å². The minimum absolute atomic E-state index is 0.229. The Morgan fingerprint density at radius 2 is 1.93 bits per heavy atom.